The molecule has 0 radical (unpaired) electrons. The molecule has 6 heteroatoms. The van der Waals surface area contributed by atoms with Gasteiger partial charge in [0.05, 0.1) is 6.54 Å². The fraction of sp³-hybridized carbons (Fsp3) is 0.353. The van der Waals surface area contributed by atoms with E-state index in [-0.39, 0.29) is 30.1 Å². The van der Waals surface area contributed by atoms with Crippen molar-refractivity contribution < 1.29 is 4.74 Å². The highest BCUT2D eigenvalue weighted by atomic mass is 127. The monoisotopic (exact) mass is 428 g/mol. The number of nitrogens with one attached hydrogen (secondary N) is 2. The molecule has 2 rings (SSSR count). The van der Waals surface area contributed by atoms with Gasteiger partial charge in [0.15, 0.2) is 5.96 Å². The second-order valence-electron chi connectivity index (χ2n) is 5.04. The summed E-state index contributed by atoms with van der Waals surface area (Å²) in [7, 11) is 1.77. The van der Waals surface area contributed by atoms with E-state index >= 15 is 0 Å². The van der Waals surface area contributed by atoms with Crippen molar-refractivity contribution in [2.24, 2.45) is 4.99 Å². The Labute approximate surface area is 155 Å². The number of nitrogens with zero attached hydrogens (tertiary/aromatic N) is 2. The highest BCUT2D eigenvalue weighted by molar-refractivity contribution is 14.0. The minimum absolute atomic E-state index is 0. The molecule has 0 fully saturated rings. The molecule has 5 nitrogen and oxygen atoms in total. The van der Waals surface area contributed by atoms with Gasteiger partial charge in [0.1, 0.15) is 11.9 Å². The zero-order valence-electron chi connectivity index (χ0n) is 13.6. The van der Waals surface area contributed by atoms with Crippen molar-refractivity contribution in [2.75, 3.05) is 20.1 Å². The summed E-state index contributed by atoms with van der Waals surface area (Å²) >= 11 is 0. The van der Waals surface area contributed by atoms with Gasteiger partial charge in [0.25, 0.3) is 0 Å². The Morgan fingerprint density at radius 1 is 1.13 bits per heavy atom. The van der Waals surface area contributed by atoms with Gasteiger partial charge in [-0.15, -0.1) is 24.0 Å². The summed E-state index contributed by atoms with van der Waals surface area (Å²) in [6.45, 7) is 4.46. The van der Waals surface area contributed by atoms with Crippen molar-refractivity contribution in [1.82, 2.24) is 15.2 Å². The van der Waals surface area contributed by atoms with Crippen molar-refractivity contribution in [2.45, 2.75) is 19.6 Å². The maximum absolute atomic E-state index is 5.82. The van der Waals surface area contributed by atoms with Crippen LogP contribution in [-0.4, -0.2) is 36.8 Å². The molecule has 0 spiro atoms. The number of hydrogen-bond acceptors (Lipinski definition) is 2. The van der Waals surface area contributed by atoms with Crippen LogP contribution < -0.4 is 15.4 Å². The molecule has 0 saturated carbocycles. The Hall–Kier alpha value is -1.70. The van der Waals surface area contributed by atoms with Crippen molar-refractivity contribution in [3.63, 3.8) is 0 Å². The summed E-state index contributed by atoms with van der Waals surface area (Å²) in [6.07, 6.45) is 4.16. The van der Waals surface area contributed by atoms with E-state index in [0.29, 0.717) is 6.54 Å². The lowest BCUT2D eigenvalue weighted by Gasteiger charge is -2.17. The van der Waals surface area contributed by atoms with E-state index in [1.807, 2.05) is 61.8 Å². The number of ether oxygens (including phenoxy) is 1. The zero-order valence-corrected chi connectivity index (χ0v) is 15.9. The van der Waals surface area contributed by atoms with Crippen molar-refractivity contribution >= 4 is 29.9 Å². The lowest BCUT2D eigenvalue weighted by Crippen LogP contribution is -2.42. The third-order valence-corrected chi connectivity index (χ3v) is 3.19. The fourth-order valence-corrected chi connectivity index (χ4v) is 2.06. The van der Waals surface area contributed by atoms with Gasteiger partial charge in [0, 0.05) is 32.5 Å². The van der Waals surface area contributed by atoms with Crippen LogP contribution in [0, 0.1) is 0 Å². The van der Waals surface area contributed by atoms with Crippen LogP contribution in [0.4, 0.5) is 0 Å². The van der Waals surface area contributed by atoms with Gasteiger partial charge in [-0.1, -0.05) is 18.2 Å². The van der Waals surface area contributed by atoms with Crippen LogP contribution in [0.3, 0.4) is 0 Å². The molecule has 1 unspecified atom stereocenters. The van der Waals surface area contributed by atoms with Crippen LogP contribution in [0.25, 0.3) is 0 Å². The normalized spacial score (nSPS) is 12.2. The maximum atomic E-state index is 5.82. The standard InChI is InChI=1S/C17H24N4O.HI/c1-15(22-16-8-4-3-5-9-16)14-20-17(18-2)19-10-13-21-11-6-7-12-21;/h3-9,11-12,15H,10,13-14H2,1-2H3,(H2,18,19,20);1H. The Bertz CT molecular complexity index is 557. The quantitative estimate of drug-likeness (QED) is 0.405. The highest BCUT2D eigenvalue weighted by Crippen LogP contribution is 2.10. The lowest BCUT2D eigenvalue weighted by atomic mass is 10.3. The van der Waals surface area contributed by atoms with Crippen LogP contribution in [0.15, 0.2) is 59.9 Å². The Morgan fingerprint density at radius 3 is 2.48 bits per heavy atom. The average Bonchev–Trinajstić information content (AvgIpc) is 3.05. The van der Waals surface area contributed by atoms with Gasteiger partial charge in [-0.25, -0.2) is 0 Å². The molecule has 0 aliphatic heterocycles. The first-order valence-electron chi connectivity index (χ1n) is 7.55. The largest absolute Gasteiger partial charge is 0.489 e. The molecule has 0 amide bonds. The highest BCUT2D eigenvalue weighted by Gasteiger charge is 2.05. The second-order valence-corrected chi connectivity index (χ2v) is 5.04. The first kappa shape index (κ1) is 19.3. The molecule has 1 atom stereocenters. The Kier molecular flexibility index (Phi) is 9.20. The van der Waals surface area contributed by atoms with Gasteiger partial charge in [-0.3, -0.25) is 4.99 Å². The number of aliphatic imine (C=N–C) groups is 1. The van der Waals surface area contributed by atoms with E-state index < -0.39 is 0 Å². The van der Waals surface area contributed by atoms with Crippen molar-refractivity contribution in [3.05, 3.63) is 54.9 Å². The third-order valence-electron chi connectivity index (χ3n) is 3.19. The summed E-state index contributed by atoms with van der Waals surface area (Å²) in [4.78, 5) is 4.22. The summed E-state index contributed by atoms with van der Waals surface area (Å²) in [5.74, 6) is 1.67. The van der Waals surface area contributed by atoms with Gasteiger partial charge in [-0.2, -0.15) is 0 Å². The molecule has 0 aliphatic rings. The molecule has 0 bridgehead atoms. The molecule has 0 saturated heterocycles. The number of benzene rings is 1. The first-order chi connectivity index (χ1) is 10.8. The van der Waals surface area contributed by atoms with Gasteiger partial charge < -0.3 is 19.9 Å². The van der Waals surface area contributed by atoms with Crippen LogP contribution in [0.2, 0.25) is 0 Å². The zero-order chi connectivity index (χ0) is 15.6. The van der Waals surface area contributed by atoms with Crippen molar-refractivity contribution in [1.29, 1.82) is 0 Å². The van der Waals surface area contributed by atoms with Crippen molar-refractivity contribution in [3.8, 4) is 5.75 Å². The Balaban J connectivity index is 0.00000264. The minimum Gasteiger partial charge on any atom is -0.489 e. The SMILES string of the molecule is CN=C(NCCn1cccc1)NCC(C)Oc1ccccc1.I. The molecule has 0 aliphatic carbocycles. The Morgan fingerprint density at radius 2 is 1.83 bits per heavy atom. The number of para-hydroxylation sites is 1. The van der Waals surface area contributed by atoms with Gasteiger partial charge >= 0.3 is 0 Å². The number of aromatic nitrogens is 1. The molecule has 126 valence electrons. The molecule has 2 aromatic rings. The lowest BCUT2D eigenvalue weighted by molar-refractivity contribution is 0.224. The predicted octanol–water partition coefficient (Wildman–Crippen LogP) is 2.74. The predicted molar refractivity (Wildman–Crippen MR) is 106 cm³/mol. The van der Waals surface area contributed by atoms with Gasteiger partial charge in [0.2, 0.25) is 0 Å². The number of rotatable bonds is 7. The average molecular weight is 428 g/mol. The van der Waals surface area contributed by atoms with Crippen LogP contribution in [0.5, 0.6) is 5.75 Å². The van der Waals surface area contributed by atoms with E-state index in [2.05, 4.69) is 20.2 Å². The third kappa shape index (κ3) is 7.40. The summed E-state index contributed by atoms with van der Waals surface area (Å²) in [5.41, 5.74) is 0. The summed E-state index contributed by atoms with van der Waals surface area (Å²) < 4.78 is 7.95. The number of halogens is 1. The van der Waals surface area contributed by atoms with E-state index in [1.54, 1.807) is 7.05 Å². The maximum Gasteiger partial charge on any atom is 0.191 e. The molecule has 1 heterocycles. The summed E-state index contributed by atoms with van der Waals surface area (Å²) in [6, 6.07) is 13.9. The molecule has 23 heavy (non-hydrogen) atoms. The molecular weight excluding hydrogens is 403 g/mol. The molecular formula is C17H25IN4O. The molecule has 1 aromatic carbocycles. The first-order valence-corrected chi connectivity index (χ1v) is 7.55. The van der Waals surface area contributed by atoms with Gasteiger partial charge in [-0.05, 0) is 31.2 Å². The second kappa shape index (κ2) is 10.9. The fourth-order valence-electron chi connectivity index (χ4n) is 2.06. The molecule has 1 aromatic heterocycles. The van der Waals surface area contributed by atoms with Crippen LogP contribution in [-0.2, 0) is 6.54 Å². The van der Waals surface area contributed by atoms with Crippen LogP contribution in [0.1, 0.15) is 6.92 Å². The molecule has 2 N–H and O–H groups in total. The van der Waals surface area contributed by atoms with E-state index in [4.69, 9.17) is 4.74 Å². The van der Waals surface area contributed by atoms with E-state index in [1.165, 1.54) is 0 Å². The minimum atomic E-state index is 0. The smallest absolute Gasteiger partial charge is 0.191 e. The van der Waals surface area contributed by atoms with Crippen LogP contribution >= 0.6 is 24.0 Å². The summed E-state index contributed by atoms with van der Waals surface area (Å²) in [5, 5.41) is 6.56. The number of guanidine groups is 1. The van der Waals surface area contributed by atoms with E-state index in [0.717, 1.165) is 24.8 Å². The number of hydrogen-bond donors (Lipinski definition) is 2. The topological polar surface area (TPSA) is 50.6 Å². The van der Waals surface area contributed by atoms with E-state index in [9.17, 15) is 0 Å².